The predicted molar refractivity (Wildman–Crippen MR) is 66.9 cm³/mol. The summed E-state index contributed by atoms with van der Waals surface area (Å²) in [6, 6.07) is 0. The maximum atomic E-state index is 3.62. The summed E-state index contributed by atoms with van der Waals surface area (Å²) in [6.07, 6.45) is 7.31. The van der Waals surface area contributed by atoms with Crippen LogP contribution in [0.5, 0.6) is 0 Å². The lowest BCUT2D eigenvalue weighted by Gasteiger charge is -2.27. The minimum Gasteiger partial charge on any atom is -0.154 e. The van der Waals surface area contributed by atoms with Crippen LogP contribution in [-0.4, -0.2) is 15.8 Å². The number of hydrogen-bond acceptors (Lipinski definition) is 1. The number of hydrogen-bond donors (Lipinski definition) is 0. The topological polar surface area (TPSA) is 0 Å². The molecule has 0 aromatic carbocycles. The molecule has 0 unspecified atom stereocenters. The van der Waals surface area contributed by atoms with Gasteiger partial charge in [0.15, 0.2) is 0 Å². The first kappa shape index (κ1) is 11.9. The van der Waals surface area contributed by atoms with Crippen molar-refractivity contribution in [2.75, 3.05) is 5.33 Å². The lowest BCUT2D eigenvalue weighted by molar-refractivity contribution is 0.512. The largest absolute Gasteiger partial charge is 0.154 e. The number of rotatable bonds is 4. The van der Waals surface area contributed by atoms with Gasteiger partial charge < -0.3 is 0 Å². The van der Waals surface area contributed by atoms with E-state index < -0.39 is 0 Å². The lowest BCUT2D eigenvalue weighted by atomic mass is 10.0. The summed E-state index contributed by atoms with van der Waals surface area (Å²) >= 11 is 5.85. The van der Waals surface area contributed by atoms with E-state index in [1.165, 1.54) is 32.1 Å². The molecule has 0 aromatic rings. The third-order valence-corrected chi connectivity index (χ3v) is 5.86. The average molecular weight is 265 g/mol. The van der Waals surface area contributed by atoms with Crippen molar-refractivity contribution >= 4 is 27.7 Å². The minimum atomic E-state index is 0.811. The molecule has 1 aliphatic carbocycles. The van der Waals surface area contributed by atoms with E-state index in [0.717, 1.165) is 21.7 Å². The molecule has 1 rings (SSSR count). The number of halogens is 1. The van der Waals surface area contributed by atoms with Crippen LogP contribution >= 0.6 is 27.7 Å². The van der Waals surface area contributed by atoms with E-state index in [2.05, 4.69) is 41.5 Å². The molecule has 0 aliphatic heterocycles. The summed E-state index contributed by atoms with van der Waals surface area (Å²) in [5, 5.41) is 2.94. The zero-order chi connectivity index (χ0) is 9.68. The standard InChI is InChI=1S/C11H21BrS/c1-9(2)11(8-12)13-10-6-4-3-5-7-10/h9-11H,3-8H2,1-2H3/t11-/m0/s1. The summed E-state index contributed by atoms with van der Waals surface area (Å²) in [7, 11) is 0. The Bertz CT molecular complexity index is 130. The van der Waals surface area contributed by atoms with Gasteiger partial charge in [-0.15, -0.1) is 0 Å². The zero-order valence-corrected chi connectivity index (χ0v) is 11.2. The fourth-order valence-corrected chi connectivity index (χ4v) is 4.51. The molecule has 78 valence electrons. The highest BCUT2D eigenvalue weighted by Gasteiger charge is 2.20. The Kier molecular flexibility index (Phi) is 5.80. The molecule has 0 radical (unpaired) electrons. The fraction of sp³-hybridized carbons (Fsp3) is 1.00. The Balaban J connectivity index is 2.27. The van der Waals surface area contributed by atoms with Crippen LogP contribution in [0.15, 0.2) is 0 Å². The van der Waals surface area contributed by atoms with Crippen LogP contribution in [0.1, 0.15) is 46.0 Å². The molecule has 0 saturated heterocycles. The second-order valence-corrected chi connectivity index (χ2v) is 6.52. The van der Waals surface area contributed by atoms with Gasteiger partial charge in [-0.2, -0.15) is 11.8 Å². The van der Waals surface area contributed by atoms with Crippen molar-refractivity contribution in [3.8, 4) is 0 Å². The van der Waals surface area contributed by atoms with Gasteiger partial charge in [0.05, 0.1) is 0 Å². The molecule has 0 bridgehead atoms. The van der Waals surface area contributed by atoms with Crippen LogP contribution in [0.2, 0.25) is 0 Å². The Morgan fingerprint density at radius 2 is 1.85 bits per heavy atom. The molecule has 13 heavy (non-hydrogen) atoms. The van der Waals surface area contributed by atoms with Crippen LogP contribution in [0.25, 0.3) is 0 Å². The van der Waals surface area contributed by atoms with Crippen molar-refractivity contribution in [1.29, 1.82) is 0 Å². The molecule has 0 amide bonds. The molecule has 2 heteroatoms. The Labute approximate surface area is 95.4 Å². The smallest absolute Gasteiger partial charge is 0.0170 e. The van der Waals surface area contributed by atoms with E-state index in [1.54, 1.807) is 0 Å². The summed E-state index contributed by atoms with van der Waals surface area (Å²) in [4.78, 5) is 0. The SMILES string of the molecule is CC(C)[C@H](CBr)SC1CCCCC1. The second-order valence-electron chi connectivity index (χ2n) is 4.33. The van der Waals surface area contributed by atoms with Crippen LogP contribution in [0, 0.1) is 5.92 Å². The van der Waals surface area contributed by atoms with Gasteiger partial charge in [-0.25, -0.2) is 0 Å². The van der Waals surface area contributed by atoms with Gasteiger partial charge in [-0.1, -0.05) is 49.0 Å². The molecule has 1 aliphatic rings. The Morgan fingerprint density at radius 1 is 1.23 bits per heavy atom. The second kappa shape index (κ2) is 6.34. The molecule has 1 fully saturated rings. The van der Waals surface area contributed by atoms with Gasteiger partial charge in [-0.05, 0) is 18.8 Å². The minimum absolute atomic E-state index is 0.811. The highest BCUT2D eigenvalue weighted by Crippen LogP contribution is 2.34. The molecular formula is C11H21BrS. The maximum Gasteiger partial charge on any atom is 0.0170 e. The quantitative estimate of drug-likeness (QED) is 0.676. The third-order valence-electron chi connectivity index (χ3n) is 2.82. The van der Waals surface area contributed by atoms with E-state index >= 15 is 0 Å². The number of thioether (sulfide) groups is 1. The zero-order valence-electron chi connectivity index (χ0n) is 8.76. The van der Waals surface area contributed by atoms with Crippen molar-refractivity contribution in [3.63, 3.8) is 0 Å². The van der Waals surface area contributed by atoms with Gasteiger partial charge in [0.1, 0.15) is 0 Å². The van der Waals surface area contributed by atoms with Gasteiger partial charge in [0.2, 0.25) is 0 Å². The molecule has 1 saturated carbocycles. The summed E-state index contributed by atoms with van der Waals surface area (Å²) in [6.45, 7) is 4.67. The van der Waals surface area contributed by atoms with Gasteiger partial charge >= 0.3 is 0 Å². The van der Waals surface area contributed by atoms with E-state index in [9.17, 15) is 0 Å². The first-order valence-electron chi connectivity index (χ1n) is 5.45. The predicted octanol–water partition coefficient (Wildman–Crippen LogP) is 4.47. The Hall–Kier alpha value is 0.830. The molecule has 0 nitrogen and oxygen atoms in total. The molecule has 0 heterocycles. The van der Waals surface area contributed by atoms with E-state index in [4.69, 9.17) is 0 Å². The highest BCUT2D eigenvalue weighted by molar-refractivity contribution is 9.09. The maximum absolute atomic E-state index is 3.62. The van der Waals surface area contributed by atoms with Crippen molar-refractivity contribution in [2.24, 2.45) is 5.92 Å². The van der Waals surface area contributed by atoms with Gasteiger partial charge in [0, 0.05) is 15.8 Å². The number of alkyl halides is 1. The monoisotopic (exact) mass is 264 g/mol. The highest BCUT2D eigenvalue weighted by atomic mass is 79.9. The van der Waals surface area contributed by atoms with Crippen LogP contribution < -0.4 is 0 Å². The molecule has 1 atom stereocenters. The van der Waals surface area contributed by atoms with Crippen molar-refractivity contribution in [1.82, 2.24) is 0 Å². The first-order chi connectivity index (χ1) is 6.24. The third kappa shape index (κ3) is 4.24. The van der Waals surface area contributed by atoms with E-state index in [0.29, 0.717) is 0 Å². The van der Waals surface area contributed by atoms with Crippen molar-refractivity contribution in [3.05, 3.63) is 0 Å². The van der Waals surface area contributed by atoms with E-state index in [-0.39, 0.29) is 0 Å². The van der Waals surface area contributed by atoms with Crippen molar-refractivity contribution in [2.45, 2.75) is 56.5 Å². The summed E-state index contributed by atoms with van der Waals surface area (Å²) < 4.78 is 0. The van der Waals surface area contributed by atoms with Gasteiger partial charge in [-0.3, -0.25) is 0 Å². The molecule has 0 spiro atoms. The van der Waals surface area contributed by atoms with Crippen LogP contribution in [-0.2, 0) is 0 Å². The fourth-order valence-electron chi connectivity index (χ4n) is 1.82. The Morgan fingerprint density at radius 3 is 2.31 bits per heavy atom. The van der Waals surface area contributed by atoms with Gasteiger partial charge in [0.25, 0.3) is 0 Å². The van der Waals surface area contributed by atoms with Crippen molar-refractivity contribution < 1.29 is 0 Å². The average Bonchev–Trinajstić information content (AvgIpc) is 2.15. The first-order valence-corrected chi connectivity index (χ1v) is 7.52. The molecule has 0 aromatic heterocycles. The van der Waals surface area contributed by atoms with Crippen LogP contribution in [0.3, 0.4) is 0 Å². The normalized spacial score (nSPS) is 22.2. The summed E-state index contributed by atoms with van der Waals surface area (Å²) in [5.41, 5.74) is 0. The van der Waals surface area contributed by atoms with E-state index in [1.807, 2.05) is 0 Å². The summed E-state index contributed by atoms with van der Waals surface area (Å²) in [5.74, 6) is 0.811. The lowest BCUT2D eigenvalue weighted by Crippen LogP contribution is -2.19. The molecular weight excluding hydrogens is 244 g/mol. The van der Waals surface area contributed by atoms with Crippen LogP contribution in [0.4, 0.5) is 0 Å². The molecule has 0 N–H and O–H groups in total.